The number of aromatic nitrogens is 3. The van der Waals surface area contributed by atoms with Gasteiger partial charge >= 0.3 is 6.03 Å². The molecule has 0 unspecified atom stereocenters. The predicted molar refractivity (Wildman–Crippen MR) is 95.1 cm³/mol. The lowest BCUT2D eigenvalue weighted by Gasteiger charge is -2.07. The summed E-state index contributed by atoms with van der Waals surface area (Å²) in [6.07, 6.45) is 3.66. The number of hydrogen-bond acceptors (Lipinski definition) is 5. The Hall–Kier alpha value is -1.99. The van der Waals surface area contributed by atoms with Crippen molar-refractivity contribution in [1.29, 1.82) is 0 Å². The van der Waals surface area contributed by atoms with Crippen molar-refractivity contribution in [3.05, 3.63) is 35.5 Å². The Balaban J connectivity index is 1.88. The minimum Gasteiger partial charge on any atom is -0.336 e. The van der Waals surface area contributed by atoms with Gasteiger partial charge in [0.25, 0.3) is 0 Å². The second-order valence-electron chi connectivity index (χ2n) is 5.12. The van der Waals surface area contributed by atoms with E-state index in [1.165, 1.54) is 4.68 Å². The molecule has 3 rings (SSSR count). The van der Waals surface area contributed by atoms with E-state index in [2.05, 4.69) is 28.4 Å². The number of nitrogens with one attached hydrogen (secondary N) is 1. The van der Waals surface area contributed by atoms with Gasteiger partial charge in [-0.25, -0.2) is 9.78 Å². The Labute approximate surface area is 143 Å². The van der Waals surface area contributed by atoms with Crippen LogP contribution in [0.4, 0.5) is 4.79 Å². The molecule has 0 aromatic carbocycles. The average molecular weight is 346 g/mol. The normalized spacial score (nSPS) is 10.9. The zero-order valence-corrected chi connectivity index (χ0v) is 14.7. The summed E-state index contributed by atoms with van der Waals surface area (Å²) in [5.74, 6) is 0. The topological polar surface area (TPSA) is 59.8 Å². The van der Waals surface area contributed by atoms with Gasteiger partial charge in [0.1, 0.15) is 5.01 Å². The van der Waals surface area contributed by atoms with Crippen molar-refractivity contribution in [2.24, 2.45) is 0 Å². The highest BCUT2D eigenvalue weighted by Gasteiger charge is 2.18. The second kappa shape index (κ2) is 7.06. The fraction of sp³-hybridized carbons (Fsp3) is 0.312. The molecule has 0 atom stereocenters. The molecule has 0 spiro atoms. The maximum Gasteiger partial charge on any atom is 0.342 e. The molecular formula is C16H18N4OS2. The molecule has 0 radical (unpaired) electrons. The van der Waals surface area contributed by atoms with Crippen LogP contribution in [0.15, 0.2) is 29.8 Å². The van der Waals surface area contributed by atoms with Crippen molar-refractivity contribution in [3.8, 4) is 20.5 Å². The van der Waals surface area contributed by atoms with Crippen molar-refractivity contribution in [3.63, 3.8) is 0 Å². The van der Waals surface area contributed by atoms with Gasteiger partial charge in [0.05, 0.1) is 27.3 Å². The Kier molecular flexibility index (Phi) is 4.88. The van der Waals surface area contributed by atoms with E-state index in [1.54, 1.807) is 28.9 Å². The Morgan fingerprint density at radius 3 is 3.00 bits per heavy atom. The summed E-state index contributed by atoms with van der Waals surface area (Å²) in [5.41, 5.74) is 1.71. The number of rotatable bonds is 5. The molecule has 3 aromatic heterocycles. The molecule has 1 N–H and O–H groups in total. The molecular weight excluding hydrogens is 328 g/mol. The van der Waals surface area contributed by atoms with Crippen molar-refractivity contribution in [2.45, 2.75) is 26.7 Å². The molecule has 0 aliphatic rings. The van der Waals surface area contributed by atoms with E-state index in [0.29, 0.717) is 6.54 Å². The van der Waals surface area contributed by atoms with Gasteiger partial charge in [-0.3, -0.25) is 0 Å². The number of carbonyl (C=O) groups excluding carboxylic acids is 1. The Morgan fingerprint density at radius 2 is 2.26 bits per heavy atom. The van der Waals surface area contributed by atoms with Crippen LogP contribution in [0.25, 0.3) is 20.5 Å². The maximum atomic E-state index is 12.3. The van der Waals surface area contributed by atoms with Crippen LogP contribution >= 0.6 is 22.7 Å². The number of nitrogens with zero attached hydrogens (tertiary/aromatic N) is 3. The summed E-state index contributed by atoms with van der Waals surface area (Å²) in [6.45, 7) is 4.73. The zero-order valence-electron chi connectivity index (χ0n) is 13.1. The first kappa shape index (κ1) is 15.9. The fourth-order valence-electron chi connectivity index (χ4n) is 2.22. The van der Waals surface area contributed by atoms with E-state index >= 15 is 0 Å². The van der Waals surface area contributed by atoms with Gasteiger partial charge in [-0.15, -0.1) is 22.7 Å². The van der Waals surface area contributed by atoms with Crippen molar-refractivity contribution in [1.82, 2.24) is 20.1 Å². The predicted octanol–water partition coefficient (Wildman–Crippen LogP) is 4.40. The second-order valence-corrected chi connectivity index (χ2v) is 7.07. The number of thiazole rings is 1. The number of carbonyl (C=O) groups is 1. The average Bonchev–Trinajstić information content (AvgIpc) is 3.27. The number of aryl methyl sites for hydroxylation is 1. The van der Waals surface area contributed by atoms with Crippen molar-refractivity contribution >= 4 is 28.7 Å². The Morgan fingerprint density at radius 1 is 1.39 bits per heavy atom. The number of unbranched alkanes of at least 4 members (excludes halogenated alkanes) is 1. The van der Waals surface area contributed by atoms with Crippen LogP contribution in [-0.2, 0) is 0 Å². The summed E-state index contributed by atoms with van der Waals surface area (Å²) in [6, 6.07) is 5.74. The minimum atomic E-state index is -0.191. The maximum absolute atomic E-state index is 12.3. The van der Waals surface area contributed by atoms with Gasteiger partial charge in [-0.1, -0.05) is 19.4 Å². The molecule has 0 aliphatic heterocycles. The fourth-order valence-corrected chi connectivity index (χ4v) is 4.10. The third-order valence-corrected chi connectivity index (χ3v) is 5.62. The third-order valence-electron chi connectivity index (χ3n) is 3.40. The molecule has 1 amide bonds. The molecule has 3 heterocycles. The summed E-state index contributed by atoms with van der Waals surface area (Å²) < 4.78 is 1.42. The largest absolute Gasteiger partial charge is 0.342 e. The molecule has 23 heavy (non-hydrogen) atoms. The van der Waals surface area contributed by atoms with E-state index in [1.807, 2.05) is 24.4 Å². The summed E-state index contributed by atoms with van der Waals surface area (Å²) in [5, 5.41) is 10.1. The number of amides is 1. The van der Waals surface area contributed by atoms with Crippen LogP contribution in [-0.4, -0.2) is 27.3 Å². The molecule has 7 heteroatoms. The van der Waals surface area contributed by atoms with Gasteiger partial charge < -0.3 is 5.32 Å². The van der Waals surface area contributed by atoms with E-state index in [4.69, 9.17) is 0 Å². The smallest absolute Gasteiger partial charge is 0.336 e. The molecule has 0 aliphatic carbocycles. The monoisotopic (exact) mass is 346 g/mol. The number of hydrogen-bond donors (Lipinski definition) is 1. The van der Waals surface area contributed by atoms with Crippen molar-refractivity contribution in [2.75, 3.05) is 6.54 Å². The van der Waals surface area contributed by atoms with Crippen LogP contribution in [0.3, 0.4) is 0 Å². The van der Waals surface area contributed by atoms with E-state index in [9.17, 15) is 4.79 Å². The standard InChI is InChI=1S/C16H18N4OS2/c1-3-4-8-17-16(21)20-12(7-9-18-20)14-11(2)19-15(23-14)13-6-5-10-22-13/h5-7,9-10H,3-4,8H2,1-2H3,(H,17,21). The lowest BCUT2D eigenvalue weighted by Crippen LogP contribution is -2.30. The highest BCUT2D eigenvalue weighted by molar-refractivity contribution is 7.23. The van der Waals surface area contributed by atoms with Gasteiger partial charge in [0.2, 0.25) is 0 Å². The minimum absolute atomic E-state index is 0.191. The summed E-state index contributed by atoms with van der Waals surface area (Å²) >= 11 is 3.26. The van der Waals surface area contributed by atoms with Gasteiger partial charge in [0, 0.05) is 6.54 Å². The first-order valence-corrected chi connectivity index (χ1v) is 9.24. The van der Waals surface area contributed by atoms with Crippen LogP contribution in [0.2, 0.25) is 0 Å². The lowest BCUT2D eigenvalue weighted by atomic mass is 10.3. The van der Waals surface area contributed by atoms with Crippen LogP contribution in [0, 0.1) is 6.92 Å². The first-order valence-electron chi connectivity index (χ1n) is 7.54. The SMILES string of the molecule is CCCCNC(=O)n1nccc1-c1sc(-c2cccs2)nc1C. The highest BCUT2D eigenvalue weighted by atomic mass is 32.1. The molecule has 120 valence electrons. The van der Waals surface area contributed by atoms with Crippen LogP contribution in [0.5, 0.6) is 0 Å². The van der Waals surface area contributed by atoms with Crippen LogP contribution in [0.1, 0.15) is 25.5 Å². The quantitative estimate of drug-likeness (QED) is 0.697. The first-order chi connectivity index (χ1) is 11.2. The molecule has 0 saturated heterocycles. The molecule has 0 bridgehead atoms. The third kappa shape index (κ3) is 3.35. The van der Waals surface area contributed by atoms with Crippen molar-refractivity contribution < 1.29 is 4.79 Å². The lowest BCUT2D eigenvalue weighted by molar-refractivity contribution is 0.240. The van der Waals surface area contributed by atoms with Crippen LogP contribution < -0.4 is 5.32 Å². The van der Waals surface area contributed by atoms with E-state index < -0.39 is 0 Å². The zero-order chi connectivity index (χ0) is 16.2. The molecule has 0 saturated carbocycles. The Bertz CT molecular complexity index is 789. The summed E-state index contributed by atoms with van der Waals surface area (Å²) in [4.78, 5) is 19.1. The van der Waals surface area contributed by atoms with Gasteiger partial charge in [-0.05, 0) is 30.9 Å². The van der Waals surface area contributed by atoms with E-state index in [-0.39, 0.29) is 6.03 Å². The van der Waals surface area contributed by atoms with Gasteiger partial charge in [-0.2, -0.15) is 9.78 Å². The highest BCUT2D eigenvalue weighted by Crippen LogP contribution is 2.36. The molecule has 0 fully saturated rings. The number of thiophene rings is 1. The van der Waals surface area contributed by atoms with Gasteiger partial charge in [0.15, 0.2) is 0 Å². The molecule has 3 aromatic rings. The summed E-state index contributed by atoms with van der Waals surface area (Å²) in [7, 11) is 0. The van der Waals surface area contributed by atoms with E-state index in [0.717, 1.165) is 39.0 Å². The molecule has 5 nitrogen and oxygen atoms in total.